The van der Waals surface area contributed by atoms with Crippen molar-refractivity contribution in [3.05, 3.63) is 34.5 Å². The van der Waals surface area contributed by atoms with E-state index in [1.165, 1.54) is 10.4 Å². The minimum absolute atomic E-state index is 0.672. The van der Waals surface area contributed by atoms with Gasteiger partial charge in [0, 0.05) is 11.1 Å². The van der Waals surface area contributed by atoms with Gasteiger partial charge in [-0.3, -0.25) is 4.98 Å². The summed E-state index contributed by atoms with van der Waals surface area (Å²) in [5.74, 6) is 0. The number of nitrogens with zero attached hydrogens (tertiary/aromatic N) is 2. The van der Waals surface area contributed by atoms with E-state index in [0.717, 1.165) is 29.2 Å². The summed E-state index contributed by atoms with van der Waals surface area (Å²) in [5, 5.41) is 1.02. The fourth-order valence-corrected chi connectivity index (χ4v) is 2.92. The van der Waals surface area contributed by atoms with Crippen molar-refractivity contribution in [2.45, 2.75) is 26.7 Å². The molecule has 0 spiro atoms. The molecule has 0 fully saturated rings. The summed E-state index contributed by atoms with van der Waals surface area (Å²) >= 11 is 1.71. The Hall–Kier alpha value is -1.26. The molecular weight excluding hydrogens is 230 g/mol. The molecule has 0 amide bonds. The number of hydrogen-bond acceptors (Lipinski definition) is 4. The van der Waals surface area contributed by atoms with Gasteiger partial charge in [0.2, 0.25) is 0 Å². The van der Waals surface area contributed by atoms with Gasteiger partial charge in [-0.25, -0.2) is 4.98 Å². The summed E-state index contributed by atoms with van der Waals surface area (Å²) in [6.45, 7) is 4.85. The molecule has 17 heavy (non-hydrogen) atoms. The van der Waals surface area contributed by atoms with Gasteiger partial charge in [0.05, 0.1) is 5.69 Å². The van der Waals surface area contributed by atoms with Crippen LogP contribution in [0.25, 0.3) is 10.7 Å². The highest BCUT2D eigenvalue weighted by Crippen LogP contribution is 2.29. The van der Waals surface area contributed by atoms with E-state index in [-0.39, 0.29) is 0 Å². The maximum Gasteiger partial charge on any atom is 0.142 e. The standard InChI is InChI=1S/C13H17N3S/c1-3-10-5-4-8-15-12(10)13-16-9(2)11(17-13)6-7-14/h4-5,8H,3,6-7,14H2,1-2H3. The quantitative estimate of drug-likeness (QED) is 0.903. The molecule has 0 unspecified atom stereocenters. The number of nitrogens with two attached hydrogens (primary N) is 1. The van der Waals surface area contributed by atoms with Gasteiger partial charge in [0.15, 0.2) is 0 Å². The van der Waals surface area contributed by atoms with E-state index >= 15 is 0 Å². The predicted molar refractivity (Wildman–Crippen MR) is 72.2 cm³/mol. The van der Waals surface area contributed by atoms with E-state index < -0.39 is 0 Å². The van der Waals surface area contributed by atoms with Crippen LogP contribution in [0.15, 0.2) is 18.3 Å². The highest BCUT2D eigenvalue weighted by Gasteiger charge is 2.12. The van der Waals surface area contributed by atoms with Gasteiger partial charge in [-0.15, -0.1) is 11.3 Å². The van der Waals surface area contributed by atoms with Crippen molar-refractivity contribution in [2.75, 3.05) is 6.54 Å². The predicted octanol–water partition coefficient (Wildman–Crippen LogP) is 2.58. The fourth-order valence-electron chi connectivity index (χ4n) is 1.81. The molecular formula is C13H17N3S. The zero-order valence-corrected chi connectivity index (χ0v) is 11.0. The van der Waals surface area contributed by atoms with E-state index in [9.17, 15) is 0 Å². The molecule has 3 nitrogen and oxygen atoms in total. The minimum Gasteiger partial charge on any atom is -0.330 e. The van der Waals surface area contributed by atoms with Crippen LogP contribution in [0.3, 0.4) is 0 Å². The van der Waals surface area contributed by atoms with Gasteiger partial charge in [-0.05, 0) is 37.9 Å². The number of hydrogen-bond donors (Lipinski definition) is 1. The van der Waals surface area contributed by atoms with Crippen molar-refractivity contribution in [1.82, 2.24) is 9.97 Å². The lowest BCUT2D eigenvalue weighted by Gasteiger charge is -2.01. The summed E-state index contributed by atoms with van der Waals surface area (Å²) in [5.41, 5.74) is 8.95. The third-order valence-corrected chi connectivity index (χ3v) is 3.96. The number of rotatable bonds is 4. The number of thiazole rings is 1. The van der Waals surface area contributed by atoms with Gasteiger partial charge >= 0.3 is 0 Å². The summed E-state index contributed by atoms with van der Waals surface area (Å²) in [6, 6.07) is 4.09. The summed E-state index contributed by atoms with van der Waals surface area (Å²) in [4.78, 5) is 10.3. The average Bonchev–Trinajstić information content (AvgIpc) is 2.71. The monoisotopic (exact) mass is 247 g/mol. The minimum atomic E-state index is 0.672. The van der Waals surface area contributed by atoms with E-state index in [0.29, 0.717) is 6.54 Å². The average molecular weight is 247 g/mol. The topological polar surface area (TPSA) is 51.8 Å². The van der Waals surface area contributed by atoms with Crippen LogP contribution in [0.4, 0.5) is 0 Å². The Labute approximate surface area is 106 Å². The maximum atomic E-state index is 5.60. The molecule has 2 rings (SSSR count). The Kier molecular flexibility index (Phi) is 3.86. The molecule has 0 atom stereocenters. The summed E-state index contributed by atoms with van der Waals surface area (Å²) in [7, 11) is 0. The highest BCUT2D eigenvalue weighted by atomic mass is 32.1. The van der Waals surface area contributed by atoms with Crippen LogP contribution in [0.5, 0.6) is 0 Å². The van der Waals surface area contributed by atoms with Crippen molar-refractivity contribution in [3.63, 3.8) is 0 Å². The van der Waals surface area contributed by atoms with Crippen molar-refractivity contribution in [2.24, 2.45) is 5.73 Å². The second-order valence-corrected chi connectivity index (χ2v) is 5.01. The number of aromatic nitrogens is 2. The Morgan fingerprint density at radius 2 is 2.24 bits per heavy atom. The van der Waals surface area contributed by atoms with Crippen LogP contribution in [0.1, 0.15) is 23.1 Å². The summed E-state index contributed by atoms with van der Waals surface area (Å²) < 4.78 is 0. The molecule has 0 aliphatic heterocycles. The Morgan fingerprint density at radius 1 is 1.41 bits per heavy atom. The second-order valence-electron chi connectivity index (χ2n) is 3.93. The SMILES string of the molecule is CCc1cccnc1-c1nc(C)c(CCN)s1. The lowest BCUT2D eigenvalue weighted by molar-refractivity contribution is 0.970. The van der Waals surface area contributed by atoms with Crippen LogP contribution in [0.2, 0.25) is 0 Å². The third-order valence-electron chi connectivity index (χ3n) is 2.74. The van der Waals surface area contributed by atoms with Gasteiger partial charge in [-0.2, -0.15) is 0 Å². The largest absolute Gasteiger partial charge is 0.330 e. The van der Waals surface area contributed by atoms with E-state index in [1.807, 2.05) is 19.2 Å². The molecule has 2 N–H and O–H groups in total. The normalized spacial score (nSPS) is 10.8. The number of pyridine rings is 1. The smallest absolute Gasteiger partial charge is 0.142 e. The molecule has 0 aromatic carbocycles. The summed E-state index contributed by atoms with van der Waals surface area (Å²) in [6.07, 6.45) is 3.71. The molecule has 0 saturated heterocycles. The lowest BCUT2D eigenvalue weighted by Crippen LogP contribution is -2.01. The molecule has 0 aliphatic carbocycles. The zero-order chi connectivity index (χ0) is 12.3. The Balaban J connectivity index is 2.42. The van der Waals surface area contributed by atoms with Crippen LogP contribution >= 0.6 is 11.3 Å². The highest BCUT2D eigenvalue weighted by molar-refractivity contribution is 7.15. The first-order chi connectivity index (χ1) is 8.26. The van der Waals surface area contributed by atoms with E-state index in [2.05, 4.69) is 23.0 Å². The molecule has 2 aromatic rings. The van der Waals surface area contributed by atoms with Crippen molar-refractivity contribution in [1.29, 1.82) is 0 Å². The van der Waals surface area contributed by atoms with Crippen molar-refractivity contribution < 1.29 is 0 Å². The Bertz CT molecular complexity index is 505. The van der Waals surface area contributed by atoms with Crippen LogP contribution in [-0.2, 0) is 12.8 Å². The number of aryl methyl sites for hydroxylation is 2. The van der Waals surface area contributed by atoms with Gasteiger partial charge in [0.25, 0.3) is 0 Å². The van der Waals surface area contributed by atoms with Gasteiger partial charge in [0.1, 0.15) is 10.7 Å². The zero-order valence-electron chi connectivity index (χ0n) is 10.2. The molecule has 0 aliphatic rings. The molecule has 0 saturated carbocycles. The fraction of sp³-hybridized carbons (Fsp3) is 0.385. The maximum absolute atomic E-state index is 5.60. The van der Waals surface area contributed by atoms with E-state index in [1.54, 1.807) is 11.3 Å². The molecule has 4 heteroatoms. The lowest BCUT2D eigenvalue weighted by atomic mass is 10.1. The molecule has 2 aromatic heterocycles. The van der Waals surface area contributed by atoms with Crippen LogP contribution in [0, 0.1) is 6.92 Å². The van der Waals surface area contributed by atoms with Gasteiger partial charge < -0.3 is 5.73 Å². The van der Waals surface area contributed by atoms with Crippen molar-refractivity contribution in [3.8, 4) is 10.7 Å². The first kappa shape index (κ1) is 12.2. The van der Waals surface area contributed by atoms with Crippen molar-refractivity contribution >= 4 is 11.3 Å². The Morgan fingerprint density at radius 3 is 2.94 bits per heavy atom. The first-order valence-corrected chi connectivity index (χ1v) is 6.68. The molecule has 0 radical (unpaired) electrons. The molecule has 90 valence electrons. The first-order valence-electron chi connectivity index (χ1n) is 5.87. The molecule has 0 bridgehead atoms. The van der Waals surface area contributed by atoms with Crippen LogP contribution in [-0.4, -0.2) is 16.5 Å². The molecule has 2 heterocycles. The van der Waals surface area contributed by atoms with E-state index in [4.69, 9.17) is 5.73 Å². The second kappa shape index (κ2) is 5.38. The van der Waals surface area contributed by atoms with Gasteiger partial charge in [-0.1, -0.05) is 13.0 Å². The van der Waals surface area contributed by atoms with Crippen LogP contribution < -0.4 is 5.73 Å². The third kappa shape index (κ3) is 2.53.